The minimum atomic E-state index is -0.547. The Bertz CT molecular complexity index is 614. The first-order chi connectivity index (χ1) is 8.04. The molecule has 0 unspecified atom stereocenters. The maximum Gasteiger partial charge on any atom is 0.306 e. The maximum atomic E-state index is 10.7. The Morgan fingerprint density at radius 1 is 1.41 bits per heavy atom. The van der Waals surface area contributed by atoms with Gasteiger partial charge < -0.3 is 0 Å². The third-order valence-electron chi connectivity index (χ3n) is 2.53. The van der Waals surface area contributed by atoms with E-state index in [2.05, 4.69) is 4.98 Å². The average molecular weight is 271 g/mol. The lowest BCUT2D eigenvalue weighted by Gasteiger charge is -2.05. The first kappa shape index (κ1) is 12.1. The summed E-state index contributed by atoms with van der Waals surface area (Å²) < 4.78 is 0. The van der Waals surface area contributed by atoms with Crippen molar-refractivity contribution in [1.29, 1.82) is 0 Å². The predicted octanol–water partition coefficient (Wildman–Crippen LogP) is 4.01. The van der Waals surface area contributed by atoms with Crippen molar-refractivity contribution in [3.8, 4) is 0 Å². The first-order valence-electron chi connectivity index (χ1n) is 4.95. The minimum absolute atomic E-state index is 0.103. The predicted molar refractivity (Wildman–Crippen MR) is 67.8 cm³/mol. The van der Waals surface area contributed by atoms with Crippen molar-refractivity contribution >= 4 is 39.8 Å². The SMILES string of the molecule is CCc1cc2c(Cl)c([N+](=O)[O-])cnc2cc1Cl. The van der Waals surface area contributed by atoms with Crippen molar-refractivity contribution in [3.63, 3.8) is 0 Å². The highest BCUT2D eigenvalue weighted by Gasteiger charge is 2.17. The molecular formula is C11H8Cl2N2O2. The second-order valence-electron chi connectivity index (χ2n) is 3.53. The number of fused-ring (bicyclic) bond motifs is 1. The standard InChI is InChI=1S/C11H8Cl2N2O2/c1-2-6-3-7-9(4-8(6)12)14-5-10(11(7)13)15(16)17/h3-5H,2H2,1H3. The molecule has 0 aliphatic rings. The summed E-state index contributed by atoms with van der Waals surface area (Å²) in [5.74, 6) is 0. The fourth-order valence-electron chi connectivity index (χ4n) is 1.61. The van der Waals surface area contributed by atoms with Gasteiger partial charge in [0.2, 0.25) is 0 Å². The number of pyridine rings is 1. The Kier molecular flexibility index (Phi) is 3.17. The van der Waals surface area contributed by atoms with E-state index in [1.807, 2.05) is 6.92 Å². The van der Waals surface area contributed by atoms with Gasteiger partial charge in [-0.2, -0.15) is 0 Å². The fourth-order valence-corrected chi connectivity index (χ4v) is 2.17. The number of benzene rings is 1. The number of hydrogen-bond donors (Lipinski definition) is 0. The van der Waals surface area contributed by atoms with Crippen LogP contribution in [0.25, 0.3) is 10.9 Å². The normalized spacial score (nSPS) is 10.8. The molecule has 4 nitrogen and oxygen atoms in total. The summed E-state index contributed by atoms with van der Waals surface area (Å²) in [4.78, 5) is 14.2. The largest absolute Gasteiger partial charge is 0.306 e. The summed E-state index contributed by atoms with van der Waals surface area (Å²) in [7, 11) is 0. The van der Waals surface area contributed by atoms with E-state index in [0.717, 1.165) is 18.2 Å². The van der Waals surface area contributed by atoms with Crippen LogP contribution in [0, 0.1) is 10.1 Å². The summed E-state index contributed by atoms with van der Waals surface area (Å²) in [5.41, 5.74) is 1.26. The van der Waals surface area contributed by atoms with Gasteiger partial charge in [-0.1, -0.05) is 30.1 Å². The van der Waals surface area contributed by atoms with Crippen molar-refractivity contribution in [3.05, 3.63) is 44.1 Å². The highest BCUT2D eigenvalue weighted by molar-refractivity contribution is 6.38. The summed E-state index contributed by atoms with van der Waals surface area (Å²) in [6, 6.07) is 3.42. The quantitative estimate of drug-likeness (QED) is 0.612. The van der Waals surface area contributed by atoms with Crippen molar-refractivity contribution in [2.24, 2.45) is 0 Å². The Balaban J connectivity index is 2.80. The topological polar surface area (TPSA) is 56.0 Å². The monoisotopic (exact) mass is 270 g/mol. The first-order valence-corrected chi connectivity index (χ1v) is 5.71. The van der Waals surface area contributed by atoms with E-state index < -0.39 is 4.92 Å². The summed E-state index contributed by atoms with van der Waals surface area (Å²) >= 11 is 12.0. The van der Waals surface area contributed by atoms with Crippen molar-refractivity contribution in [2.75, 3.05) is 0 Å². The second-order valence-corrected chi connectivity index (χ2v) is 4.31. The molecule has 17 heavy (non-hydrogen) atoms. The van der Waals surface area contributed by atoms with Gasteiger partial charge in [-0.05, 0) is 24.1 Å². The van der Waals surface area contributed by atoms with Gasteiger partial charge in [-0.25, -0.2) is 4.98 Å². The number of nitro groups is 1. The van der Waals surface area contributed by atoms with Gasteiger partial charge in [0.05, 0.1) is 10.4 Å². The zero-order valence-corrected chi connectivity index (χ0v) is 10.4. The number of aromatic nitrogens is 1. The number of hydrogen-bond acceptors (Lipinski definition) is 3. The van der Waals surface area contributed by atoms with Crippen LogP contribution in [0.4, 0.5) is 5.69 Å². The zero-order chi connectivity index (χ0) is 12.6. The summed E-state index contributed by atoms with van der Waals surface area (Å²) in [5, 5.41) is 12.0. The van der Waals surface area contributed by atoms with Crippen LogP contribution < -0.4 is 0 Å². The zero-order valence-electron chi connectivity index (χ0n) is 8.91. The van der Waals surface area contributed by atoms with E-state index in [-0.39, 0.29) is 10.7 Å². The molecule has 6 heteroatoms. The van der Waals surface area contributed by atoms with Gasteiger partial charge in [0.15, 0.2) is 0 Å². The van der Waals surface area contributed by atoms with Crippen LogP contribution in [0.2, 0.25) is 10.0 Å². The lowest BCUT2D eigenvalue weighted by molar-refractivity contribution is -0.384. The molecule has 1 aromatic carbocycles. The molecule has 0 saturated heterocycles. The van der Waals surface area contributed by atoms with Crippen molar-refractivity contribution in [1.82, 2.24) is 4.98 Å². The summed E-state index contributed by atoms with van der Waals surface area (Å²) in [6.45, 7) is 1.95. The van der Waals surface area contributed by atoms with Crippen molar-refractivity contribution < 1.29 is 4.92 Å². The van der Waals surface area contributed by atoms with Crippen LogP contribution in [0.5, 0.6) is 0 Å². The molecule has 0 fully saturated rings. The smallest absolute Gasteiger partial charge is 0.258 e. The van der Waals surface area contributed by atoms with E-state index >= 15 is 0 Å². The van der Waals surface area contributed by atoms with E-state index in [0.29, 0.717) is 15.9 Å². The van der Waals surface area contributed by atoms with Crippen LogP contribution in [-0.2, 0) is 6.42 Å². The summed E-state index contributed by atoms with van der Waals surface area (Å²) in [6.07, 6.45) is 1.88. The minimum Gasteiger partial charge on any atom is -0.258 e. The molecule has 0 aliphatic carbocycles. The maximum absolute atomic E-state index is 10.7. The third-order valence-corrected chi connectivity index (χ3v) is 3.28. The Morgan fingerprint density at radius 3 is 2.71 bits per heavy atom. The number of aryl methyl sites for hydroxylation is 1. The molecule has 2 aromatic rings. The van der Waals surface area contributed by atoms with Crippen molar-refractivity contribution in [2.45, 2.75) is 13.3 Å². The molecule has 0 amide bonds. The highest BCUT2D eigenvalue weighted by atomic mass is 35.5. The van der Waals surface area contributed by atoms with Gasteiger partial charge in [0, 0.05) is 10.4 Å². The number of halogens is 2. The van der Waals surface area contributed by atoms with Gasteiger partial charge >= 0.3 is 5.69 Å². The van der Waals surface area contributed by atoms with Gasteiger partial charge in [-0.3, -0.25) is 10.1 Å². The molecule has 0 atom stereocenters. The van der Waals surface area contributed by atoms with Gasteiger partial charge in [0.1, 0.15) is 11.2 Å². The molecular weight excluding hydrogens is 263 g/mol. The lowest BCUT2D eigenvalue weighted by atomic mass is 10.1. The average Bonchev–Trinajstić information content (AvgIpc) is 2.28. The van der Waals surface area contributed by atoms with Crippen LogP contribution in [0.1, 0.15) is 12.5 Å². The molecule has 0 N–H and O–H groups in total. The third kappa shape index (κ3) is 2.06. The molecule has 0 saturated carbocycles. The fraction of sp³-hybridized carbons (Fsp3) is 0.182. The molecule has 2 rings (SSSR count). The Labute approximate surface area is 107 Å². The van der Waals surface area contributed by atoms with E-state index in [1.165, 1.54) is 0 Å². The number of rotatable bonds is 2. The highest BCUT2D eigenvalue weighted by Crippen LogP contribution is 2.33. The molecule has 88 valence electrons. The van der Waals surface area contributed by atoms with Crippen LogP contribution in [0.15, 0.2) is 18.3 Å². The molecule has 0 radical (unpaired) electrons. The second kappa shape index (κ2) is 4.47. The molecule has 0 spiro atoms. The molecule has 0 aliphatic heterocycles. The van der Waals surface area contributed by atoms with Gasteiger partial charge in [-0.15, -0.1) is 0 Å². The van der Waals surface area contributed by atoms with Crippen LogP contribution >= 0.6 is 23.2 Å². The van der Waals surface area contributed by atoms with E-state index in [1.54, 1.807) is 12.1 Å². The van der Waals surface area contributed by atoms with Crippen LogP contribution in [0.3, 0.4) is 0 Å². The molecule has 0 bridgehead atoms. The molecule has 1 aromatic heterocycles. The van der Waals surface area contributed by atoms with E-state index in [9.17, 15) is 10.1 Å². The molecule has 1 heterocycles. The lowest BCUT2D eigenvalue weighted by Crippen LogP contribution is -1.93. The number of nitrogens with zero attached hydrogens (tertiary/aromatic N) is 2. The van der Waals surface area contributed by atoms with Gasteiger partial charge in [0.25, 0.3) is 0 Å². The van der Waals surface area contributed by atoms with Crippen LogP contribution in [-0.4, -0.2) is 9.91 Å². The Hall–Kier alpha value is -1.39. The Morgan fingerprint density at radius 2 is 2.12 bits per heavy atom. The van der Waals surface area contributed by atoms with E-state index in [4.69, 9.17) is 23.2 Å².